The van der Waals surface area contributed by atoms with Gasteiger partial charge in [0.05, 0.1) is 23.8 Å². The number of amides is 1. The van der Waals surface area contributed by atoms with Gasteiger partial charge in [-0.25, -0.2) is 9.67 Å². The van der Waals surface area contributed by atoms with Gasteiger partial charge in [-0.2, -0.15) is 5.26 Å². The molecule has 1 aliphatic rings. The molecule has 0 unspecified atom stereocenters. The van der Waals surface area contributed by atoms with Crippen molar-refractivity contribution in [2.24, 2.45) is 5.92 Å². The summed E-state index contributed by atoms with van der Waals surface area (Å²) in [6, 6.07) is 5.27. The Balaban J connectivity index is 1.84. The molecule has 3 heterocycles. The maximum atomic E-state index is 12.2. The summed E-state index contributed by atoms with van der Waals surface area (Å²) in [5, 5.41) is 20.2. The fraction of sp³-hybridized carbons (Fsp3) is 0.389. The van der Waals surface area contributed by atoms with Crippen LogP contribution in [0, 0.1) is 29.1 Å². The normalized spacial score (nSPS) is 18.9. The highest BCUT2D eigenvalue weighted by Crippen LogP contribution is 2.27. The second-order valence-corrected chi connectivity index (χ2v) is 6.35. The van der Waals surface area contributed by atoms with Gasteiger partial charge in [0.1, 0.15) is 11.9 Å². The summed E-state index contributed by atoms with van der Waals surface area (Å²) >= 11 is 0. The van der Waals surface area contributed by atoms with E-state index >= 15 is 0 Å². The molecule has 2 aromatic rings. The molecule has 1 amide bonds. The van der Waals surface area contributed by atoms with E-state index in [9.17, 15) is 10.1 Å². The third-order valence-electron chi connectivity index (χ3n) is 4.07. The Morgan fingerprint density at radius 2 is 2.23 bits per heavy atom. The van der Waals surface area contributed by atoms with E-state index in [1.165, 1.54) is 0 Å². The van der Waals surface area contributed by atoms with Crippen LogP contribution in [0.3, 0.4) is 0 Å². The summed E-state index contributed by atoms with van der Waals surface area (Å²) in [6.07, 6.45) is 5.01. The van der Waals surface area contributed by atoms with Crippen LogP contribution in [0.4, 0.5) is 5.82 Å². The average Bonchev–Trinajstić information content (AvgIpc) is 3.29. The number of rotatable bonds is 3. The molecule has 132 valence electrons. The van der Waals surface area contributed by atoms with Gasteiger partial charge in [0.25, 0.3) is 5.91 Å². The van der Waals surface area contributed by atoms with Gasteiger partial charge in [0.15, 0.2) is 0 Å². The van der Waals surface area contributed by atoms with Crippen molar-refractivity contribution in [3.63, 3.8) is 0 Å². The van der Waals surface area contributed by atoms with Gasteiger partial charge in [0, 0.05) is 31.4 Å². The highest BCUT2D eigenvalue weighted by atomic mass is 16.1. The maximum Gasteiger partial charge on any atom is 0.296 e. The van der Waals surface area contributed by atoms with E-state index in [0.717, 1.165) is 0 Å². The number of nitrogens with zero attached hydrogens (tertiary/aromatic N) is 6. The quantitative estimate of drug-likeness (QED) is 0.821. The summed E-state index contributed by atoms with van der Waals surface area (Å²) in [4.78, 5) is 18.5. The van der Waals surface area contributed by atoms with Gasteiger partial charge in [0.2, 0.25) is 0 Å². The highest BCUT2D eigenvalue weighted by Gasteiger charge is 2.37. The topological polar surface area (TPSA) is 99.7 Å². The van der Waals surface area contributed by atoms with Crippen molar-refractivity contribution in [2.45, 2.75) is 25.9 Å². The molecule has 1 aliphatic heterocycles. The van der Waals surface area contributed by atoms with Crippen molar-refractivity contribution in [3.8, 4) is 17.9 Å². The molecular formula is C18H19N7O. The standard InChI is InChI=1S/C18H19N7O/c1-13(2)5-6-17(26)22-15-11-24(12-16(15)25-9-8-21-23-25)18-14(10-19)4-3-7-20-18/h3-4,7-9,13,15-16H,11-12H2,1-2H3,(H,22,26)/t15-,16+/m1/s1. The van der Waals surface area contributed by atoms with E-state index in [0.29, 0.717) is 24.5 Å². The third-order valence-corrected chi connectivity index (χ3v) is 4.07. The summed E-state index contributed by atoms with van der Waals surface area (Å²) in [5.74, 6) is 5.89. The summed E-state index contributed by atoms with van der Waals surface area (Å²) in [5.41, 5.74) is 0.497. The van der Waals surface area contributed by atoms with E-state index in [4.69, 9.17) is 0 Å². The van der Waals surface area contributed by atoms with E-state index in [-0.39, 0.29) is 23.9 Å². The SMILES string of the molecule is CC(C)C#CC(=O)N[C@@H]1CN(c2ncccc2C#N)C[C@@H]1n1ccnn1. The number of carbonyl (C=O) groups is 1. The summed E-state index contributed by atoms with van der Waals surface area (Å²) < 4.78 is 1.72. The van der Waals surface area contributed by atoms with Crippen molar-refractivity contribution >= 4 is 11.7 Å². The van der Waals surface area contributed by atoms with Gasteiger partial charge in [-0.05, 0) is 18.1 Å². The van der Waals surface area contributed by atoms with Crippen molar-refractivity contribution in [2.75, 3.05) is 18.0 Å². The van der Waals surface area contributed by atoms with Crippen LogP contribution in [-0.2, 0) is 4.79 Å². The van der Waals surface area contributed by atoms with Crippen LogP contribution in [0.1, 0.15) is 25.5 Å². The van der Waals surface area contributed by atoms with Crippen LogP contribution >= 0.6 is 0 Å². The van der Waals surface area contributed by atoms with Crippen LogP contribution in [0.25, 0.3) is 0 Å². The molecule has 3 rings (SSSR count). The molecule has 26 heavy (non-hydrogen) atoms. The number of pyridine rings is 1. The first-order valence-corrected chi connectivity index (χ1v) is 8.36. The van der Waals surface area contributed by atoms with E-state index in [1.54, 1.807) is 35.4 Å². The summed E-state index contributed by atoms with van der Waals surface area (Å²) in [6.45, 7) is 4.92. The number of anilines is 1. The number of carbonyl (C=O) groups excluding carboxylic acids is 1. The minimum atomic E-state index is -0.322. The molecule has 1 saturated heterocycles. The Morgan fingerprint density at radius 3 is 2.92 bits per heavy atom. The molecule has 8 heteroatoms. The maximum absolute atomic E-state index is 12.2. The number of hydrogen-bond acceptors (Lipinski definition) is 6. The van der Waals surface area contributed by atoms with Crippen LogP contribution in [-0.4, -0.2) is 45.0 Å². The van der Waals surface area contributed by atoms with Gasteiger partial charge in [-0.1, -0.05) is 25.0 Å². The molecule has 0 aromatic carbocycles. The molecule has 0 radical (unpaired) electrons. The molecule has 0 saturated carbocycles. The highest BCUT2D eigenvalue weighted by molar-refractivity contribution is 5.93. The number of nitrogens with one attached hydrogen (secondary N) is 1. The van der Waals surface area contributed by atoms with E-state index in [1.807, 2.05) is 18.7 Å². The lowest BCUT2D eigenvalue weighted by Gasteiger charge is -2.18. The molecule has 8 nitrogen and oxygen atoms in total. The average molecular weight is 349 g/mol. The van der Waals surface area contributed by atoms with Gasteiger partial charge in [-0.3, -0.25) is 4.79 Å². The van der Waals surface area contributed by atoms with Crippen LogP contribution in [0.5, 0.6) is 0 Å². The number of nitriles is 1. The van der Waals surface area contributed by atoms with Crippen LogP contribution in [0.15, 0.2) is 30.7 Å². The third kappa shape index (κ3) is 3.81. The Hall–Kier alpha value is -3.39. The Labute approximate surface area is 151 Å². The molecule has 1 N–H and O–H groups in total. The van der Waals surface area contributed by atoms with Crippen LogP contribution in [0.2, 0.25) is 0 Å². The molecule has 0 aliphatic carbocycles. The predicted octanol–water partition coefficient (Wildman–Crippen LogP) is 0.750. The fourth-order valence-electron chi connectivity index (χ4n) is 2.91. The van der Waals surface area contributed by atoms with Crippen LogP contribution < -0.4 is 10.2 Å². The fourth-order valence-corrected chi connectivity index (χ4v) is 2.91. The molecule has 1 fully saturated rings. The smallest absolute Gasteiger partial charge is 0.296 e. The first kappa shape index (κ1) is 17.4. The predicted molar refractivity (Wildman–Crippen MR) is 94.8 cm³/mol. The monoisotopic (exact) mass is 349 g/mol. The number of hydrogen-bond donors (Lipinski definition) is 1. The Kier molecular flexibility index (Phi) is 5.14. The Morgan fingerprint density at radius 1 is 1.38 bits per heavy atom. The lowest BCUT2D eigenvalue weighted by molar-refractivity contribution is -0.116. The minimum Gasteiger partial charge on any atom is -0.351 e. The molecule has 0 spiro atoms. The molecule has 2 aromatic heterocycles. The number of aromatic nitrogens is 4. The van der Waals surface area contributed by atoms with E-state index < -0.39 is 0 Å². The largest absolute Gasteiger partial charge is 0.351 e. The lowest BCUT2D eigenvalue weighted by Crippen LogP contribution is -2.41. The minimum absolute atomic E-state index is 0.124. The van der Waals surface area contributed by atoms with Gasteiger partial charge >= 0.3 is 0 Å². The zero-order chi connectivity index (χ0) is 18.5. The van der Waals surface area contributed by atoms with E-state index in [2.05, 4.69) is 38.5 Å². The van der Waals surface area contributed by atoms with Crippen molar-refractivity contribution in [1.82, 2.24) is 25.3 Å². The zero-order valence-corrected chi connectivity index (χ0v) is 14.6. The Bertz CT molecular complexity index is 873. The lowest BCUT2D eigenvalue weighted by atomic mass is 10.1. The second kappa shape index (κ2) is 7.66. The second-order valence-electron chi connectivity index (χ2n) is 6.35. The molecular weight excluding hydrogens is 330 g/mol. The molecule has 2 atom stereocenters. The first-order chi connectivity index (χ1) is 12.6. The zero-order valence-electron chi connectivity index (χ0n) is 14.6. The van der Waals surface area contributed by atoms with Crippen molar-refractivity contribution < 1.29 is 4.79 Å². The molecule has 0 bridgehead atoms. The van der Waals surface area contributed by atoms with Gasteiger partial charge in [-0.15, -0.1) is 5.10 Å². The van der Waals surface area contributed by atoms with Gasteiger partial charge < -0.3 is 10.2 Å². The van der Waals surface area contributed by atoms with Crippen molar-refractivity contribution in [1.29, 1.82) is 5.26 Å². The first-order valence-electron chi connectivity index (χ1n) is 8.36. The summed E-state index contributed by atoms with van der Waals surface area (Å²) in [7, 11) is 0. The van der Waals surface area contributed by atoms with Crippen molar-refractivity contribution in [3.05, 3.63) is 36.3 Å².